The number of nitrogens with zero attached hydrogens (tertiary/aromatic N) is 1. The van der Waals surface area contributed by atoms with Crippen molar-refractivity contribution in [3.8, 4) is 0 Å². The summed E-state index contributed by atoms with van der Waals surface area (Å²) in [6, 6.07) is 10.9. The van der Waals surface area contributed by atoms with Crippen molar-refractivity contribution in [2.45, 2.75) is 6.92 Å². The fourth-order valence-electron chi connectivity index (χ4n) is 2.66. The lowest BCUT2D eigenvalue weighted by atomic mass is 10.2. The highest BCUT2D eigenvalue weighted by molar-refractivity contribution is 7.92. The minimum absolute atomic E-state index is 0.173. The van der Waals surface area contributed by atoms with Crippen LogP contribution in [0.2, 0.25) is 5.02 Å². The Morgan fingerprint density at radius 3 is 2.34 bits per heavy atom. The molecule has 0 fully saturated rings. The zero-order valence-corrected chi connectivity index (χ0v) is 19.1. The summed E-state index contributed by atoms with van der Waals surface area (Å²) in [7, 11) is -4.02. The molecule has 12 heteroatoms. The van der Waals surface area contributed by atoms with Gasteiger partial charge in [0.1, 0.15) is 11.5 Å². The van der Waals surface area contributed by atoms with Crippen molar-refractivity contribution in [1.29, 1.82) is 0 Å². The number of benzene rings is 2. The van der Waals surface area contributed by atoms with Gasteiger partial charge in [0.05, 0.1) is 22.4 Å². The van der Waals surface area contributed by atoms with Crippen molar-refractivity contribution in [3.05, 3.63) is 53.1 Å². The lowest BCUT2D eigenvalue weighted by molar-refractivity contribution is -0.114. The van der Waals surface area contributed by atoms with Crippen LogP contribution in [0.3, 0.4) is 0 Å². The molecule has 3 rings (SSSR count). The Morgan fingerprint density at radius 2 is 1.69 bits per heavy atom. The molecule has 0 unspecified atom stereocenters. The zero-order valence-electron chi connectivity index (χ0n) is 16.8. The number of fused-ring (bicyclic) bond motifs is 1. The molecule has 0 bridgehead atoms. The number of thiazole rings is 1. The topological polar surface area (TPSA) is 132 Å². The Kier molecular flexibility index (Phi) is 7.44. The van der Waals surface area contributed by atoms with Gasteiger partial charge in [0, 0.05) is 10.7 Å². The number of carbonyl (C=O) groups is 3. The fourth-order valence-corrected chi connectivity index (χ4v) is 4.75. The molecule has 3 aromatic rings. The van der Waals surface area contributed by atoms with Crippen molar-refractivity contribution in [2.75, 3.05) is 28.7 Å². The normalized spacial score (nSPS) is 11.2. The van der Waals surface area contributed by atoms with Gasteiger partial charge in [-0.3, -0.25) is 9.59 Å². The van der Waals surface area contributed by atoms with Gasteiger partial charge in [0.15, 0.2) is 15.0 Å². The molecule has 168 valence electrons. The Hall–Kier alpha value is -3.02. The molecule has 9 nitrogen and oxygen atoms in total. The first-order valence-corrected chi connectivity index (χ1v) is 12.3. The summed E-state index contributed by atoms with van der Waals surface area (Å²) in [5.74, 6) is -3.81. The summed E-state index contributed by atoms with van der Waals surface area (Å²) in [6.45, 7) is 1.94. The second-order valence-electron chi connectivity index (χ2n) is 6.56. The van der Waals surface area contributed by atoms with E-state index in [1.165, 1.54) is 12.1 Å². The smallest absolute Gasteiger partial charge is 0.338 e. The molecule has 0 aliphatic heterocycles. The lowest BCUT2D eigenvalue weighted by Crippen LogP contribution is -2.30. The number of anilines is 2. The summed E-state index contributed by atoms with van der Waals surface area (Å²) in [4.78, 5) is 40.2. The molecule has 0 atom stereocenters. The Labute approximate surface area is 192 Å². The average molecular weight is 496 g/mol. The monoisotopic (exact) mass is 495 g/mol. The van der Waals surface area contributed by atoms with E-state index < -0.39 is 39.1 Å². The summed E-state index contributed by atoms with van der Waals surface area (Å²) >= 11 is 6.84. The number of carbonyl (C=O) groups excluding carboxylic acids is 3. The van der Waals surface area contributed by atoms with E-state index in [0.29, 0.717) is 26.5 Å². The van der Waals surface area contributed by atoms with Crippen molar-refractivity contribution < 1.29 is 27.5 Å². The van der Waals surface area contributed by atoms with Gasteiger partial charge >= 0.3 is 5.97 Å². The van der Waals surface area contributed by atoms with Crippen LogP contribution in [-0.4, -0.2) is 49.3 Å². The largest absolute Gasteiger partial charge is 0.462 e. The van der Waals surface area contributed by atoms with Crippen LogP contribution in [0.4, 0.5) is 10.8 Å². The van der Waals surface area contributed by atoms with Crippen LogP contribution in [0.5, 0.6) is 0 Å². The summed E-state index contributed by atoms with van der Waals surface area (Å²) < 4.78 is 30.0. The average Bonchev–Trinajstić information content (AvgIpc) is 3.10. The van der Waals surface area contributed by atoms with Crippen molar-refractivity contribution in [1.82, 2.24) is 4.98 Å². The van der Waals surface area contributed by atoms with Crippen LogP contribution in [0.1, 0.15) is 17.3 Å². The van der Waals surface area contributed by atoms with Crippen LogP contribution in [-0.2, 0) is 24.2 Å². The predicted molar refractivity (Wildman–Crippen MR) is 123 cm³/mol. The number of aromatic nitrogens is 1. The molecule has 2 amide bonds. The first kappa shape index (κ1) is 23.6. The first-order valence-electron chi connectivity index (χ1n) is 9.28. The van der Waals surface area contributed by atoms with E-state index in [2.05, 4.69) is 15.6 Å². The quantitative estimate of drug-likeness (QED) is 0.459. The van der Waals surface area contributed by atoms with Crippen LogP contribution in [0.15, 0.2) is 42.5 Å². The molecule has 0 radical (unpaired) electrons. The SMILES string of the molecule is CCOC(=O)c1ccc2nc(NC(=O)CS(=O)(=O)CC(=O)Nc3ccc(Cl)cc3)sc2c1. The highest BCUT2D eigenvalue weighted by Gasteiger charge is 2.22. The van der Waals surface area contributed by atoms with Crippen molar-refractivity contribution in [2.24, 2.45) is 0 Å². The predicted octanol–water partition coefficient (Wildman–Crippen LogP) is 3.12. The van der Waals surface area contributed by atoms with E-state index >= 15 is 0 Å². The van der Waals surface area contributed by atoms with Gasteiger partial charge in [-0.1, -0.05) is 22.9 Å². The van der Waals surface area contributed by atoms with E-state index in [0.717, 1.165) is 11.3 Å². The maximum atomic E-state index is 12.2. The molecule has 0 aliphatic rings. The second-order valence-corrected chi connectivity index (χ2v) is 10.1. The number of sulfone groups is 1. The van der Waals surface area contributed by atoms with Crippen LogP contribution in [0, 0.1) is 0 Å². The fraction of sp³-hybridized carbons (Fsp3) is 0.200. The second kappa shape index (κ2) is 10.1. The Bertz CT molecular complexity index is 1270. The summed E-state index contributed by atoms with van der Waals surface area (Å²) in [6.07, 6.45) is 0. The molecule has 2 N–H and O–H groups in total. The lowest BCUT2D eigenvalue weighted by Gasteiger charge is -2.06. The number of rotatable bonds is 8. The van der Waals surface area contributed by atoms with Crippen molar-refractivity contribution in [3.63, 3.8) is 0 Å². The molecule has 32 heavy (non-hydrogen) atoms. The van der Waals surface area contributed by atoms with Gasteiger partial charge in [0.2, 0.25) is 11.8 Å². The molecule has 2 aromatic carbocycles. The number of nitrogens with one attached hydrogen (secondary N) is 2. The van der Waals surface area contributed by atoms with E-state index in [4.69, 9.17) is 16.3 Å². The van der Waals surface area contributed by atoms with Gasteiger partial charge in [-0.05, 0) is 49.4 Å². The summed E-state index contributed by atoms with van der Waals surface area (Å²) in [5.41, 5.74) is 1.26. The third-order valence-electron chi connectivity index (χ3n) is 3.98. The first-order chi connectivity index (χ1) is 15.1. The molecule has 0 saturated carbocycles. The van der Waals surface area contributed by atoms with Gasteiger partial charge in [-0.25, -0.2) is 18.2 Å². The molecule has 1 heterocycles. The Morgan fingerprint density at radius 1 is 1.03 bits per heavy atom. The Balaban J connectivity index is 1.60. The number of halogens is 1. The molecular formula is C20H18ClN3O6S2. The zero-order chi connectivity index (χ0) is 23.3. The molecule has 0 spiro atoms. The minimum Gasteiger partial charge on any atom is -0.462 e. The van der Waals surface area contributed by atoms with Crippen LogP contribution < -0.4 is 10.6 Å². The number of hydrogen-bond donors (Lipinski definition) is 2. The number of hydrogen-bond acceptors (Lipinski definition) is 8. The third kappa shape index (κ3) is 6.49. The van der Waals surface area contributed by atoms with Crippen LogP contribution >= 0.6 is 22.9 Å². The van der Waals surface area contributed by atoms with E-state index in [9.17, 15) is 22.8 Å². The number of amides is 2. The molecule has 0 saturated heterocycles. The maximum Gasteiger partial charge on any atom is 0.338 e. The van der Waals surface area contributed by atoms with E-state index in [-0.39, 0.29) is 11.7 Å². The van der Waals surface area contributed by atoms with Gasteiger partial charge < -0.3 is 15.4 Å². The van der Waals surface area contributed by atoms with Gasteiger partial charge in [0.25, 0.3) is 0 Å². The van der Waals surface area contributed by atoms with Crippen LogP contribution in [0.25, 0.3) is 10.2 Å². The highest BCUT2D eigenvalue weighted by atomic mass is 35.5. The van der Waals surface area contributed by atoms with Gasteiger partial charge in [-0.2, -0.15) is 0 Å². The van der Waals surface area contributed by atoms with Gasteiger partial charge in [-0.15, -0.1) is 0 Å². The van der Waals surface area contributed by atoms with E-state index in [1.54, 1.807) is 37.3 Å². The maximum absolute atomic E-state index is 12.2. The molecule has 1 aromatic heterocycles. The third-order valence-corrected chi connectivity index (χ3v) is 6.57. The molecular weight excluding hydrogens is 478 g/mol. The molecule has 0 aliphatic carbocycles. The standard InChI is InChI=1S/C20H18ClN3O6S2/c1-2-30-19(27)12-3-8-15-16(9-12)31-20(23-15)24-18(26)11-32(28,29)10-17(25)22-14-6-4-13(21)5-7-14/h3-9H,2,10-11H2,1H3,(H,22,25)(H,23,24,26). The number of esters is 1. The number of ether oxygens (including phenoxy) is 1. The summed E-state index contributed by atoms with van der Waals surface area (Å²) in [5, 5.41) is 5.49. The van der Waals surface area contributed by atoms with Crippen molar-refractivity contribution >= 4 is 71.6 Å². The van der Waals surface area contributed by atoms with E-state index in [1.807, 2.05) is 0 Å². The minimum atomic E-state index is -4.02. The highest BCUT2D eigenvalue weighted by Crippen LogP contribution is 2.27.